The van der Waals surface area contributed by atoms with Gasteiger partial charge in [0.15, 0.2) is 17.5 Å². The number of halogens is 2. The fourth-order valence-corrected chi connectivity index (χ4v) is 1.51. The molecule has 0 amide bonds. The largest absolute Gasteiger partial charge is 0.439 e. The Morgan fingerprint density at radius 3 is 2.60 bits per heavy atom. The number of nitrogens with one attached hydrogen (secondary N) is 1. The Kier molecular flexibility index (Phi) is 4.41. The molecule has 0 saturated carbocycles. The summed E-state index contributed by atoms with van der Waals surface area (Å²) in [7, 11) is 3.21. The van der Waals surface area contributed by atoms with Gasteiger partial charge in [0, 0.05) is 26.3 Å². The Labute approximate surface area is 114 Å². The van der Waals surface area contributed by atoms with Crippen molar-refractivity contribution in [2.75, 3.05) is 19.5 Å². The first kappa shape index (κ1) is 14.1. The number of benzene rings is 1. The lowest BCUT2D eigenvalue weighted by atomic mass is 10.3. The summed E-state index contributed by atoms with van der Waals surface area (Å²) in [5.74, 6) is -0.615. The highest BCUT2D eigenvalue weighted by molar-refractivity contribution is 5.39. The second-order valence-corrected chi connectivity index (χ2v) is 3.87. The normalized spacial score (nSPS) is 10.4. The summed E-state index contributed by atoms with van der Waals surface area (Å²) < 4.78 is 36.3. The highest BCUT2D eigenvalue weighted by Gasteiger charge is 2.08. The molecule has 1 aromatic heterocycles. The van der Waals surface area contributed by atoms with E-state index in [1.807, 2.05) is 0 Å². The van der Waals surface area contributed by atoms with Crippen LogP contribution in [0.1, 0.15) is 5.82 Å². The quantitative estimate of drug-likeness (QED) is 0.913. The molecule has 2 aromatic rings. The van der Waals surface area contributed by atoms with Gasteiger partial charge in [-0.05, 0) is 12.1 Å². The van der Waals surface area contributed by atoms with Crippen molar-refractivity contribution >= 4 is 5.82 Å². The molecule has 2 rings (SSSR count). The van der Waals surface area contributed by atoms with Crippen LogP contribution in [0, 0.1) is 11.6 Å². The zero-order chi connectivity index (χ0) is 14.5. The van der Waals surface area contributed by atoms with Crippen LogP contribution < -0.4 is 10.1 Å². The Balaban J connectivity index is 2.27. The zero-order valence-electron chi connectivity index (χ0n) is 11.0. The fourth-order valence-electron chi connectivity index (χ4n) is 1.51. The number of hydrogen-bond donors (Lipinski definition) is 1. The number of hydrogen-bond acceptors (Lipinski definition) is 5. The number of methoxy groups -OCH3 is 1. The van der Waals surface area contributed by atoms with Gasteiger partial charge < -0.3 is 14.8 Å². The lowest BCUT2D eigenvalue weighted by Crippen LogP contribution is -2.03. The third kappa shape index (κ3) is 3.39. The molecular formula is C13H13F2N3O2. The van der Waals surface area contributed by atoms with E-state index >= 15 is 0 Å². The van der Waals surface area contributed by atoms with Crippen LogP contribution in [0.3, 0.4) is 0 Å². The molecule has 106 valence electrons. The average Bonchev–Trinajstić information content (AvgIpc) is 2.43. The smallest absolute Gasteiger partial charge is 0.224 e. The van der Waals surface area contributed by atoms with Gasteiger partial charge in [-0.15, -0.1) is 0 Å². The van der Waals surface area contributed by atoms with Gasteiger partial charge in [0.2, 0.25) is 5.88 Å². The Hall–Kier alpha value is -2.28. The molecule has 0 spiro atoms. The molecule has 0 unspecified atom stereocenters. The summed E-state index contributed by atoms with van der Waals surface area (Å²) in [4.78, 5) is 8.26. The molecule has 0 atom stereocenters. The minimum atomic E-state index is -0.984. The molecule has 5 nitrogen and oxygen atoms in total. The highest BCUT2D eigenvalue weighted by Crippen LogP contribution is 2.23. The van der Waals surface area contributed by atoms with E-state index in [1.165, 1.54) is 13.2 Å². The summed E-state index contributed by atoms with van der Waals surface area (Å²) in [5.41, 5.74) is 0. The SMILES string of the molecule is CNc1cc(Oc2ccc(F)c(F)c2)nc(COC)n1. The van der Waals surface area contributed by atoms with Crippen LogP contribution in [0.5, 0.6) is 11.6 Å². The van der Waals surface area contributed by atoms with Crippen LogP contribution in [0.4, 0.5) is 14.6 Å². The van der Waals surface area contributed by atoms with Crippen LogP contribution in [0.25, 0.3) is 0 Å². The van der Waals surface area contributed by atoms with Crippen molar-refractivity contribution in [3.63, 3.8) is 0 Å². The van der Waals surface area contributed by atoms with Crippen molar-refractivity contribution in [1.29, 1.82) is 0 Å². The fraction of sp³-hybridized carbons (Fsp3) is 0.231. The van der Waals surface area contributed by atoms with E-state index in [0.29, 0.717) is 11.6 Å². The summed E-state index contributed by atoms with van der Waals surface area (Å²) in [6, 6.07) is 4.80. The molecule has 1 heterocycles. The summed E-state index contributed by atoms with van der Waals surface area (Å²) in [6.45, 7) is 0.212. The van der Waals surface area contributed by atoms with Crippen molar-refractivity contribution in [3.05, 3.63) is 41.7 Å². The molecule has 0 aliphatic heterocycles. The molecule has 1 N–H and O–H groups in total. The van der Waals surface area contributed by atoms with Gasteiger partial charge in [-0.2, -0.15) is 4.98 Å². The maximum Gasteiger partial charge on any atom is 0.224 e. The zero-order valence-corrected chi connectivity index (χ0v) is 11.0. The molecule has 0 radical (unpaired) electrons. The molecule has 20 heavy (non-hydrogen) atoms. The van der Waals surface area contributed by atoms with Crippen molar-refractivity contribution in [2.45, 2.75) is 6.61 Å². The van der Waals surface area contributed by atoms with E-state index in [0.717, 1.165) is 12.1 Å². The Morgan fingerprint density at radius 1 is 1.15 bits per heavy atom. The summed E-state index contributed by atoms with van der Waals surface area (Å²) >= 11 is 0. The Morgan fingerprint density at radius 2 is 1.95 bits per heavy atom. The van der Waals surface area contributed by atoms with E-state index in [9.17, 15) is 8.78 Å². The first-order chi connectivity index (χ1) is 9.62. The molecule has 0 aliphatic carbocycles. The molecular weight excluding hydrogens is 268 g/mol. The number of aromatic nitrogens is 2. The van der Waals surface area contributed by atoms with Crippen molar-refractivity contribution in [3.8, 4) is 11.6 Å². The van der Waals surface area contributed by atoms with Gasteiger partial charge in [-0.25, -0.2) is 13.8 Å². The predicted molar refractivity (Wildman–Crippen MR) is 68.7 cm³/mol. The van der Waals surface area contributed by atoms with E-state index < -0.39 is 11.6 Å². The van der Waals surface area contributed by atoms with Crippen molar-refractivity contribution in [2.24, 2.45) is 0 Å². The van der Waals surface area contributed by atoms with Gasteiger partial charge in [0.05, 0.1) is 0 Å². The number of rotatable bonds is 5. The molecule has 0 bridgehead atoms. The van der Waals surface area contributed by atoms with Crippen molar-refractivity contribution < 1.29 is 18.3 Å². The second kappa shape index (κ2) is 6.25. The van der Waals surface area contributed by atoms with E-state index in [1.54, 1.807) is 13.1 Å². The molecule has 1 aromatic carbocycles. The van der Waals surface area contributed by atoms with E-state index in [4.69, 9.17) is 9.47 Å². The summed E-state index contributed by atoms with van der Waals surface area (Å²) in [5, 5.41) is 2.85. The molecule has 0 aliphatic rings. The lowest BCUT2D eigenvalue weighted by molar-refractivity contribution is 0.177. The highest BCUT2D eigenvalue weighted by atomic mass is 19.2. The number of nitrogens with zero attached hydrogens (tertiary/aromatic N) is 2. The predicted octanol–water partition coefficient (Wildman–Crippen LogP) is 2.74. The number of ether oxygens (including phenoxy) is 2. The monoisotopic (exact) mass is 281 g/mol. The van der Waals surface area contributed by atoms with Crippen LogP contribution in [0.15, 0.2) is 24.3 Å². The Bertz CT molecular complexity index is 608. The second-order valence-electron chi connectivity index (χ2n) is 3.87. The molecule has 0 fully saturated rings. The minimum absolute atomic E-state index is 0.146. The van der Waals surface area contributed by atoms with Crippen molar-refractivity contribution in [1.82, 2.24) is 9.97 Å². The third-order valence-corrected chi connectivity index (χ3v) is 2.39. The van der Waals surface area contributed by atoms with E-state index in [2.05, 4.69) is 15.3 Å². The first-order valence-corrected chi connectivity index (χ1v) is 5.80. The van der Waals surface area contributed by atoms with Crippen LogP contribution in [-0.2, 0) is 11.3 Å². The van der Waals surface area contributed by atoms with Gasteiger partial charge in [0.25, 0.3) is 0 Å². The minimum Gasteiger partial charge on any atom is -0.439 e. The maximum absolute atomic E-state index is 13.1. The van der Waals surface area contributed by atoms with Gasteiger partial charge >= 0.3 is 0 Å². The number of anilines is 1. The first-order valence-electron chi connectivity index (χ1n) is 5.80. The van der Waals surface area contributed by atoms with Crippen LogP contribution in [-0.4, -0.2) is 24.1 Å². The standard InChI is InChI=1S/C13H13F2N3O2/c1-16-11-6-13(18-12(17-11)7-19-2)20-8-3-4-9(14)10(15)5-8/h3-6H,7H2,1-2H3,(H,16,17,18). The van der Waals surface area contributed by atoms with E-state index in [-0.39, 0.29) is 18.2 Å². The van der Waals surface area contributed by atoms with Gasteiger partial charge in [-0.1, -0.05) is 0 Å². The van der Waals surface area contributed by atoms with Gasteiger partial charge in [-0.3, -0.25) is 0 Å². The topological polar surface area (TPSA) is 56.3 Å². The molecule has 7 heteroatoms. The summed E-state index contributed by atoms with van der Waals surface area (Å²) in [6.07, 6.45) is 0. The molecule has 0 saturated heterocycles. The van der Waals surface area contributed by atoms with Crippen LogP contribution in [0.2, 0.25) is 0 Å². The average molecular weight is 281 g/mol. The lowest BCUT2D eigenvalue weighted by Gasteiger charge is -2.09. The maximum atomic E-state index is 13.1. The van der Waals surface area contributed by atoms with Crippen LogP contribution >= 0.6 is 0 Å². The third-order valence-electron chi connectivity index (χ3n) is 2.39. The van der Waals surface area contributed by atoms with Gasteiger partial charge in [0.1, 0.15) is 18.2 Å².